The lowest BCUT2D eigenvalue weighted by molar-refractivity contribution is 0.0230. The summed E-state index contributed by atoms with van der Waals surface area (Å²) in [6.45, 7) is 6.72. The lowest BCUT2D eigenvalue weighted by Gasteiger charge is -2.18. The number of rotatable bonds is 8. The Morgan fingerprint density at radius 1 is 0.853 bits per heavy atom. The fourth-order valence-electron chi connectivity index (χ4n) is 3.30. The Hall–Kier alpha value is -3.68. The van der Waals surface area contributed by atoms with Crippen molar-refractivity contribution in [3.8, 4) is 0 Å². The zero-order chi connectivity index (χ0) is 24.5. The number of halogens is 1. The minimum Gasteiger partial charge on any atom is -0.335 e. The fourth-order valence-corrected chi connectivity index (χ4v) is 3.48. The van der Waals surface area contributed by atoms with Gasteiger partial charge in [-0.3, -0.25) is 14.5 Å². The molecule has 3 rings (SSSR count). The molecule has 0 spiro atoms. The largest absolute Gasteiger partial charge is 0.362 e. The van der Waals surface area contributed by atoms with Crippen LogP contribution in [-0.2, 0) is 11.4 Å². The van der Waals surface area contributed by atoms with Crippen molar-refractivity contribution in [1.29, 1.82) is 0 Å². The van der Waals surface area contributed by atoms with Crippen molar-refractivity contribution in [1.82, 2.24) is 10.4 Å². The lowest BCUT2D eigenvalue weighted by atomic mass is 10.1. The maximum atomic E-state index is 12.9. The highest BCUT2D eigenvalue weighted by Gasteiger charge is 2.18. The van der Waals surface area contributed by atoms with Crippen molar-refractivity contribution in [2.24, 2.45) is 0 Å². The number of nitrogens with one attached hydrogen (secondary N) is 2. The van der Waals surface area contributed by atoms with Gasteiger partial charge in [-0.15, -0.1) is 0 Å². The highest BCUT2D eigenvalue weighted by molar-refractivity contribution is 6.31. The number of carbonyl (C=O) groups is 3. The topological polar surface area (TPSA) is 87.7 Å². The van der Waals surface area contributed by atoms with Gasteiger partial charge in [0.25, 0.3) is 11.8 Å². The normalized spacial score (nSPS) is 10.6. The third-order valence-corrected chi connectivity index (χ3v) is 5.45. The van der Waals surface area contributed by atoms with E-state index in [-0.39, 0.29) is 22.7 Å². The van der Waals surface area contributed by atoms with E-state index in [2.05, 4.69) is 29.5 Å². The van der Waals surface area contributed by atoms with E-state index >= 15 is 0 Å². The van der Waals surface area contributed by atoms with E-state index in [0.717, 1.165) is 25.2 Å². The van der Waals surface area contributed by atoms with Crippen molar-refractivity contribution in [3.05, 3.63) is 100 Å². The average Bonchev–Trinajstić information content (AvgIpc) is 2.87. The Balaban J connectivity index is 1.73. The molecule has 0 aliphatic heterocycles. The first-order valence-corrected chi connectivity index (χ1v) is 11.3. The Morgan fingerprint density at radius 3 is 2.26 bits per heavy atom. The van der Waals surface area contributed by atoms with Gasteiger partial charge in [-0.1, -0.05) is 55.8 Å². The zero-order valence-corrected chi connectivity index (χ0v) is 19.8. The molecule has 0 saturated carbocycles. The van der Waals surface area contributed by atoms with Crippen LogP contribution in [0, 0.1) is 0 Å². The van der Waals surface area contributed by atoms with Gasteiger partial charge in [-0.2, -0.15) is 5.48 Å². The Kier molecular flexibility index (Phi) is 8.79. The molecule has 0 bridgehead atoms. The first-order chi connectivity index (χ1) is 16.4. The van der Waals surface area contributed by atoms with Crippen LogP contribution in [0.3, 0.4) is 0 Å². The van der Waals surface area contributed by atoms with E-state index in [4.69, 9.17) is 16.4 Å². The Bertz CT molecular complexity index is 1160. The summed E-state index contributed by atoms with van der Waals surface area (Å²) >= 11 is 6.06. The predicted octanol–water partition coefficient (Wildman–Crippen LogP) is 4.94. The first-order valence-electron chi connectivity index (χ1n) is 10.9. The summed E-state index contributed by atoms with van der Waals surface area (Å²) in [5, 5.41) is 3.04. The third-order valence-electron chi connectivity index (χ3n) is 5.21. The van der Waals surface area contributed by atoms with Crippen molar-refractivity contribution < 1.29 is 19.2 Å². The van der Waals surface area contributed by atoms with Crippen molar-refractivity contribution in [2.75, 3.05) is 18.4 Å². The summed E-state index contributed by atoms with van der Waals surface area (Å²) in [6.07, 6.45) is 0. The standard InChI is InChI=1S/C26H26ClN3O4/c1-3-30(4-2)17-18-9-8-12-20(15-18)24(31)28-23-14-13-21(27)16-22(23)25(32)29-34-26(33)19-10-6-5-7-11-19/h5-16H,3-4,17H2,1-2H3,(H,28,31)(H,29,32). The Labute approximate surface area is 203 Å². The van der Waals surface area contributed by atoms with Crippen LogP contribution in [0.25, 0.3) is 0 Å². The number of anilines is 1. The predicted molar refractivity (Wildman–Crippen MR) is 132 cm³/mol. The van der Waals surface area contributed by atoms with Crippen molar-refractivity contribution in [3.63, 3.8) is 0 Å². The fraction of sp³-hybridized carbons (Fsp3) is 0.192. The second-order valence-corrected chi connectivity index (χ2v) is 7.93. The molecule has 8 heteroatoms. The van der Waals surface area contributed by atoms with Gasteiger partial charge >= 0.3 is 5.97 Å². The zero-order valence-electron chi connectivity index (χ0n) is 19.0. The second-order valence-electron chi connectivity index (χ2n) is 7.49. The maximum absolute atomic E-state index is 12.9. The van der Waals surface area contributed by atoms with E-state index in [1.165, 1.54) is 12.1 Å². The molecule has 0 atom stereocenters. The molecule has 0 aromatic heterocycles. The van der Waals surface area contributed by atoms with Crippen LogP contribution in [0.15, 0.2) is 72.8 Å². The number of nitrogens with zero attached hydrogens (tertiary/aromatic N) is 1. The molecular weight excluding hydrogens is 454 g/mol. The molecule has 0 heterocycles. The van der Waals surface area contributed by atoms with Crippen LogP contribution in [0.4, 0.5) is 5.69 Å². The van der Waals surface area contributed by atoms with Crippen molar-refractivity contribution in [2.45, 2.75) is 20.4 Å². The van der Waals surface area contributed by atoms with E-state index < -0.39 is 11.9 Å². The molecule has 2 amide bonds. The number of carbonyl (C=O) groups excluding carboxylic acids is 3. The number of hydroxylamine groups is 1. The Morgan fingerprint density at radius 2 is 1.56 bits per heavy atom. The highest BCUT2D eigenvalue weighted by Crippen LogP contribution is 2.22. The number of hydrogen-bond acceptors (Lipinski definition) is 5. The maximum Gasteiger partial charge on any atom is 0.362 e. The van der Waals surface area contributed by atoms with Crippen LogP contribution >= 0.6 is 11.6 Å². The molecule has 0 fully saturated rings. The number of hydrogen-bond donors (Lipinski definition) is 2. The first kappa shape index (κ1) is 25.0. The molecule has 0 radical (unpaired) electrons. The van der Waals surface area contributed by atoms with Gasteiger partial charge in [0.05, 0.1) is 16.8 Å². The lowest BCUT2D eigenvalue weighted by Crippen LogP contribution is -2.28. The van der Waals surface area contributed by atoms with Crippen LogP contribution in [0.1, 0.15) is 50.5 Å². The summed E-state index contributed by atoms with van der Waals surface area (Å²) in [5.74, 6) is -1.82. The summed E-state index contributed by atoms with van der Waals surface area (Å²) in [4.78, 5) is 44.9. The minimum atomic E-state index is -0.725. The molecule has 7 nitrogen and oxygen atoms in total. The van der Waals surface area contributed by atoms with Gasteiger partial charge in [-0.05, 0) is 61.1 Å². The number of amides is 2. The highest BCUT2D eigenvalue weighted by atomic mass is 35.5. The van der Waals surface area contributed by atoms with Gasteiger partial charge in [-0.25, -0.2) is 4.79 Å². The molecule has 176 valence electrons. The summed E-state index contributed by atoms with van der Waals surface area (Å²) in [6, 6.07) is 20.0. The van der Waals surface area contributed by atoms with E-state index in [1.807, 2.05) is 18.2 Å². The molecule has 3 aromatic carbocycles. The quantitative estimate of drug-likeness (QED) is 0.447. The summed E-state index contributed by atoms with van der Waals surface area (Å²) < 4.78 is 0. The minimum absolute atomic E-state index is 0.0565. The van der Waals surface area contributed by atoms with Crippen LogP contribution in [0.5, 0.6) is 0 Å². The van der Waals surface area contributed by atoms with Crippen LogP contribution in [-0.4, -0.2) is 35.8 Å². The molecule has 0 aliphatic rings. The van der Waals surface area contributed by atoms with Gasteiger partial charge in [0.2, 0.25) is 0 Å². The smallest absolute Gasteiger partial charge is 0.335 e. The van der Waals surface area contributed by atoms with Crippen LogP contribution in [0.2, 0.25) is 5.02 Å². The molecular formula is C26H26ClN3O4. The summed E-state index contributed by atoms with van der Waals surface area (Å²) in [5.41, 5.74) is 4.16. The second kappa shape index (κ2) is 12.0. The van der Waals surface area contributed by atoms with Gasteiger partial charge in [0.15, 0.2) is 0 Å². The van der Waals surface area contributed by atoms with Gasteiger partial charge < -0.3 is 10.2 Å². The molecule has 0 unspecified atom stereocenters. The molecule has 0 saturated heterocycles. The molecule has 0 aliphatic carbocycles. The molecule has 3 aromatic rings. The SMILES string of the molecule is CCN(CC)Cc1cccc(C(=O)Nc2ccc(Cl)cc2C(=O)NOC(=O)c2ccccc2)c1. The third kappa shape index (κ3) is 6.66. The van der Waals surface area contributed by atoms with E-state index in [0.29, 0.717) is 10.6 Å². The van der Waals surface area contributed by atoms with Gasteiger partial charge in [0, 0.05) is 17.1 Å². The van der Waals surface area contributed by atoms with Crippen LogP contribution < -0.4 is 10.8 Å². The number of benzene rings is 3. The van der Waals surface area contributed by atoms with E-state index in [1.54, 1.807) is 42.5 Å². The van der Waals surface area contributed by atoms with Crippen molar-refractivity contribution >= 4 is 35.1 Å². The molecule has 2 N–H and O–H groups in total. The monoisotopic (exact) mass is 479 g/mol. The summed E-state index contributed by atoms with van der Waals surface area (Å²) in [7, 11) is 0. The van der Waals surface area contributed by atoms with E-state index in [9.17, 15) is 14.4 Å². The average molecular weight is 480 g/mol. The molecule has 34 heavy (non-hydrogen) atoms. The van der Waals surface area contributed by atoms with Gasteiger partial charge in [0.1, 0.15) is 0 Å².